The van der Waals surface area contributed by atoms with Crippen LogP contribution in [0.4, 0.5) is 4.39 Å². The third kappa shape index (κ3) is 3.63. The van der Waals surface area contributed by atoms with Crippen molar-refractivity contribution in [1.29, 1.82) is 0 Å². The number of carbonyl (C=O) groups is 2. The predicted octanol–water partition coefficient (Wildman–Crippen LogP) is 2.69. The molecule has 1 N–H and O–H groups in total. The van der Waals surface area contributed by atoms with Crippen molar-refractivity contribution in [2.24, 2.45) is 0 Å². The maximum absolute atomic E-state index is 13.1. The largest absolute Gasteiger partial charge is 0.478 e. The summed E-state index contributed by atoms with van der Waals surface area (Å²) in [4.78, 5) is 25.7. The number of carboxylic acid groups (broad SMARTS) is 1. The second kappa shape index (κ2) is 7.50. The molecule has 0 aliphatic carbocycles. The first-order valence-electron chi connectivity index (χ1n) is 9.32. The minimum absolute atomic E-state index is 0.0592. The first-order chi connectivity index (χ1) is 13.9. The number of nitrogens with zero attached hydrogens (tertiary/aromatic N) is 5. The summed E-state index contributed by atoms with van der Waals surface area (Å²) in [5.41, 5.74) is 1.83. The number of hydrogen-bond donors (Lipinski definition) is 1. The topological polar surface area (TPSA) is 93.3 Å². The van der Waals surface area contributed by atoms with Crippen LogP contribution < -0.4 is 0 Å². The SMILES string of the molecule is Cc1c(C(=O)O)cnn1C1CCN(C(=O)c2ccn(-c3ccc(F)cc3)n2)CC1. The van der Waals surface area contributed by atoms with Crippen molar-refractivity contribution in [2.45, 2.75) is 25.8 Å². The van der Waals surface area contributed by atoms with Gasteiger partial charge in [-0.05, 0) is 50.1 Å². The molecule has 29 heavy (non-hydrogen) atoms. The van der Waals surface area contributed by atoms with Crippen LogP contribution in [0.2, 0.25) is 0 Å². The van der Waals surface area contributed by atoms with E-state index in [4.69, 9.17) is 0 Å². The first-order valence-corrected chi connectivity index (χ1v) is 9.32. The molecule has 0 saturated carbocycles. The number of hydrogen-bond acceptors (Lipinski definition) is 4. The highest BCUT2D eigenvalue weighted by atomic mass is 19.1. The summed E-state index contributed by atoms with van der Waals surface area (Å²) in [6.07, 6.45) is 4.42. The lowest BCUT2D eigenvalue weighted by molar-refractivity contribution is 0.0682. The minimum atomic E-state index is -0.988. The van der Waals surface area contributed by atoms with Crippen LogP contribution in [0.1, 0.15) is 45.4 Å². The van der Waals surface area contributed by atoms with Gasteiger partial charge in [-0.25, -0.2) is 13.9 Å². The standard InChI is InChI=1S/C20H20FN5O3/c1-13-17(20(28)29)12-22-26(13)16-6-9-24(10-7-16)19(27)18-8-11-25(23-18)15-4-2-14(21)3-5-15/h2-5,8,11-12,16H,6-7,9-10H2,1H3,(H,28,29). The smallest absolute Gasteiger partial charge is 0.339 e. The second-order valence-electron chi connectivity index (χ2n) is 7.04. The van der Waals surface area contributed by atoms with Crippen molar-refractivity contribution in [3.63, 3.8) is 0 Å². The molecule has 1 aromatic carbocycles. The van der Waals surface area contributed by atoms with Gasteiger partial charge in [0, 0.05) is 19.3 Å². The lowest BCUT2D eigenvalue weighted by Crippen LogP contribution is -2.39. The Morgan fingerprint density at radius 1 is 1.14 bits per heavy atom. The van der Waals surface area contributed by atoms with Gasteiger partial charge in [-0.1, -0.05) is 0 Å². The number of rotatable bonds is 4. The number of aromatic carboxylic acids is 1. The van der Waals surface area contributed by atoms with Crippen LogP contribution >= 0.6 is 0 Å². The Bertz CT molecular complexity index is 1050. The number of benzene rings is 1. The average Bonchev–Trinajstić information content (AvgIpc) is 3.35. The summed E-state index contributed by atoms with van der Waals surface area (Å²) in [6, 6.07) is 7.59. The number of likely N-dealkylation sites (tertiary alicyclic amines) is 1. The van der Waals surface area contributed by atoms with Crippen molar-refractivity contribution >= 4 is 11.9 Å². The molecule has 1 fully saturated rings. The molecular formula is C20H20FN5O3. The van der Waals surface area contributed by atoms with Crippen LogP contribution in [-0.2, 0) is 0 Å². The van der Waals surface area contributed by atoms with Gasteiger partial charge in [-0.15, -0.1) is 0 Å². The average molecular weight is 397 g/mol. The van der Waals surface area contributed by atoms with Crippen molar-refractivity contribution in [1.82, 2.24) is 24.5 Å². The van der Waals surface area contributed by atoms with Gasteiger partial charge >= 0.3 is 5.97 Å². The highest BCUT2D eigenvalue weighted by molar-refractivity contribution is 5.92. The maximum atomic E-state index is 13.1. The van der Waals surface area contributed by atoms with Gasteiger partial charge < -0.3 is 10.0 Å². The predicted molar refractivity (Wildman–Crippen MR) is 102 cm³/mol. The Labute approximate surface area is 166 Å². The molecule has 8 nitrogen and oxygen atoms in total. The van der Waals surface area contributed by atoms with E-state index < -0.39 is 5.97 Å². The molecule has 150 valence electrons. The van der Waals surface area contributed by atoms with Gasteiger partial charge in [0.2, 0.25) is 0 Å². The highest BCUT2D eigenvalue weighted by Crippen LogP contribution is 2.25. The number of amides is 1. The zero-order valence-electron chi connectivity index (χ0n) is 15.8. The lowest BCUT2D eigenvalue weighted by atomic mass is 10.0. The summed E-state index contributed by atoms with van der Waals surface area (Å²) in [7, 11) is 0. The third-order valence-electron chi connectivity index (χ3n) is 5.27. The molecule has 0 unspecified atom stereocenters. The number of carboxylic acids is 1. The van der Waals surface area contributed by atoms with E-state index in [0.717, 1.165) is 0 Å². The third-order valence-corrected chi connectivity index (χ3v) is 5.27. The molecule has 2 aromatic heterocycles. The summed E-state index contributed by atoms with van der Waals surface area (Å²) in [5.74, 6) is -1.48. The molecule has 0 bridgehead atoms. The molecule has 4 rings (SSSR count). The fraction of sp³-hybridized carbons (Fsp3) is 0.300. The fourth-order valence-electron chi connectivity index (χ4n) is 3.65. The Morgan fingerprint density at radius 3 is 2.45 bits per heavy atom. The lowest BCUT2D eigenvalue weighted by Gasteiger charge is -2.32. The summed E-state index contributed by atoms with van der Waals surface area (Å²) in [5, 5.41) is 17.7. The number of piperidine rings is 1. The molecule has 1 amide bonds. The molecular weight excluding hydrogens is 377 g/mol. The fourth-order valence-corrected chi connectivity index (χ4v) is 3.65. The molecule has 0 atom stereocenters. The zero-order valence-corrected chi connectivity index (χ0v) is 15.8. The van der Waals surface area contributed by atoms with Gasteiger partial charge in [0.1, 0.15) is 11.4 Å². The molecule has 3 heterocycles. The van der Waals surface area contributed by atoms with Crippen molar-refractivity contribution in [3.05, 3.63) is 65.5 Å². The Kier molecular flexibility index (Phi) is 4.87. The van der Waals surface area contributed by atoms with Crippen LogP contribution in [-0.4, -0.2) is 54.5 Å². The Morgan fingerprint density at radius 2 is 1.83 bits per heavy atom. The molecule has 0 spiro atoms. The van der Waals surface area contributed by atoms with Crippen LogP contribution in [0.3, 0.4) is 0 Å². The van der Waals surface area contributed by atoms with Crippen LogP contribution in [0, 0.1) is 12.7 Å². The van der Waals surface area contributed by atoms with E-state index in [-0.39, 0.29) is 23.3 Å². The van der Waals surface area contributed by atoms with Gasteiger partial charge in [-0.2, -0.15) is 10.2 Å². The summed E-state index contributed by atoms with van der Waals surface area (Å²) in [6.45, 7) is 2.82. The molecule has 0 radical (unpaired) electrons. The number of halogens is 1. The normalized spacial score (nSPS) is 14.9. The van der Waals surface area contributed by atoms with Crippen molar-refractivity contribution in [3.8, 4) is 5.69 Å². The molecule has 1 aliphatic rings. The number of carbonyl (C=O) groups excluding carboxylic acids is 1. The van der Waals surface area contributed by atoms with Gasteiger partial charge in [0.15, 0.2) is 5.69 Å². The van der Waals surface area contributed by atoms with E-state index in [2.05, 4.69) is 10.2 Å². The highest BCUT2D eigenvalue weighted by Gasteiger charge is 2.28. The van der Waals surface area contributed by atoms with Gasteiger partial charge in [0.05, 0.1) is 23.6 Å². The van der Waals surface area contributed by atoms with E-state index in [1.807, 2.05) is 0 Å². The second-order valence-corrected chi connectivity index (χ2v) is 7.04. The number of aromatic nitrogens is 4. The van der Waals surface area contributed by atoms with E-state index in [9.17, 15) is 19.1 Å². The summed E-state index contributed by atoms with van der Waals surface area (Å²) >= 11 is 0. The van der Waals surface area contributed by atoms with Gasteiger partial charge in [0.25, 0.3) is 5.91 Å². The Hall–Kier alpha value is -3.49. The van der Waals surface area contributed by atoms with E-state index >= 15 is 0 Å². The van der Waals surface area contributed by atoms with Crippen LogP contribution in [0.25, 0.3) is 5.69 Å². The summed E-state index contributed by atoms with van der Waals surface area (Å²) < 4.78 is 16.4. The molecule has 3 aromatic rings. The van der Waals surface area contributed by atoms with Crippen LogP contribution in [0.5, 0.6) is 0 Å². The van der Waals surface area contributed by atoms with Crippen LogP contribution in [0.15, 0.2) is 42.7 Å². The zero-order chi connectivity index (χ0) is 20.5. The van der Waals surface area contributed by atoms with E-state index in [0.29, 0.717) is 43.0 Å². The van der Waals surface area contributed by atoms with Crippen molar-refractivity contribution < 1.29 is 19.1 Å². The molecule has 1 saturated heterocycles. The maximum Gasteiger partial charge on any atom is 0.339 e. The minimum Gasteiger partial charge on any atom is -0.478 e. The van der Waals surface area contributed by atoms with E-state index in [1.54, 1.807) is 45.6 Å². The molecule has 1 aliphatic heterocycles. The quantitative estimate of drug-likeness (QED) is 0.731. The Balaban J connectivity index is 1.42. The first kappa shape index (κ1) is 18.9. The monoisotopic (exact) mass is 397 g/mol. The van der Waals surface area contributed by atoms with E-state index in [1.165, 1.54) is 18.3 Å². The molecule has 9 heteroatoms. The van der Waals surface area contributed by atoms with Crippen molar-refractivity contribution in [2.75, 3.05) is 13.1 Å². The van der Waals surface area contributed by atoms with Gasteiger partial charge in [-0.3, -0.25) is 9.48 Å².